The van der Waals surface area contributed by atoms with E-state index in [1.165, 1.54) is 6.92 Å². The van der Waals surface area contributed by atoms with Crippen LogP contribution >= 0.6 is 0 Å². The van der Waals surface area contributed by atoms with Gasteiger partial charge in [-0.2, -0.15) is 26.3 Å². The first-order valence-corrected chi connectivity index (χ1v) is 13.1. The Bertz CT molecular complexity index is 1350. The van der Waals surface area contributed by atoms with Gasteiger partial charge in [-0.3, -0.25) is 9.52 Å². The van der Waals surface area contributed by atoms with E-state index >= 15 is 0 Å². The SMILES string of the molecule is C=C(CCNC(=O)c1ccc(C(F)(F)F)cc1NS(=O)(=O)c1ccc(S(=O)(=O)CC)cc1)C(F)(F)F. The molecule has 0 spiro atoms. The molecule has 0 atom stereocenters. The van der Waals surface area contributed by atoms with Crippen molar-refractivity contribution >= 4 is 31.5 Å². The quantitative estimate of drug-likeness (QED) is 0.347. The van der Waals surface area contributed by atoms with E-state index in [1.54, 1.807) is 0 Å². The fourth-order valence-corrected chi connectivity index (χ4v) is 4.72. The summed E-state index contributed by atoms with van der Waals surface area (Å²) in [6, 6.07) is 5.37. The smallest absolute Gasteiger partial charge is 0.352 e. The summed E-state index contributed by atoms with van der Waals surface area (Å²) in [6.07, 6.45) is -10.3. The summed E-state index contributed by atoms with van der Waals surface area (Å²) in [5.74, 6) is -1.39. The first-order valence-electron chi connectivity index (χ1n) is 9.98. The van der Waals surface area contributed by atoms with Gasteiger partial charge < -0.3 is 5.32 Å². The molecule has 36 heavy (non-hydrogen) atoms. The molecule has 0 heterocycles. The van der Waals surface area contributed by atoms with E-state index in [0.717, 1.165) is 24.3 Å². The average molecular weight is 559 g/mol. The van der Waals surface area contributed by atoms with Gasteiger partial charge >= 0.3 is 12.4 Å². The molecule has 198 valence electrons. The third kappa shape index (κ3) is 7.22. The van der Waals surface area contributed by atoms with Crippen LogP contribution in [0.3, 0.4) is 0 Å². The molecule has 0 aromatic heterocycles. The zero-order valence-corrected chi connectivity index (χ0v) is 20.1. The predicted octanol–water partition coefficient (Wildman–Crippen LogP) is 4.54. The first kappa shape index (κ1) is 29.2. The number of hydrogen-bond acceptors (Lipinski definition) is 5. The van der Waals surface area contributed by atoms with Gasteiger partial charge in [-0.05, 0) is 48.9 Å². The van der Waals surface area contributed by atoms with Gasteiger partial charge in [0.05, 0.1) is 32.4 Å². The van der Waals surface area contributed by atoms with E-state index in [9.17, 15) is 48.0 Å². The third-order valence-electron chi connectivity index (χ3n) is 4.82. The fourth-order valence-electron chi connectivity index (χ4n) is 2.76. The second-order valence-corrected chi connectivity index (χ2v) is 11.3. The Morgan fingerprint density at radius 1 is 0.917 bits per heavy atom. The highest BCUT2D eigenvalue weighted by molar-refractivity contribution is 7.92. The number of hydrogen-bond donors (Lipinski definition) is 2. The third-order valence-corrected chi connectivity index (χ3v) is 7.95. The number of benzene rings is 2. The second kappa shape index (κ2) is 10.5. The van der Waals surface area contributed by atoms with Gasteiger partial charge in [0.15, 0.2) is 9.84 Å². The lowest BCUT2D eigenvalue weighted by atomic mass is 10.1. The minimum atomic E-state index is -4.91. The van der Waals surface area contributed by atoms with E-state index in [2.05, 4.69) is 11.9 Å². The van der Waals surface area contributed by atoms with Gasteiger partial charge in [0.25, 0.3) is 15.9 Å². The monoisotopic (exact) mass is 558 g/mol. The molecule has 0 saturated carbocycles. The van der Waals surface area contributed by atoms with Crippen molar-refractivity contribution in [1.82, 2.24) is 5.32 Å². The van der Waals surface area contributed by atoms with Crippen molar-refractivity contribution in [3.05, 3.63) is 65.7 Å². The highest BCUT2D eigenvalue weighted by atomic mass is 32.2. The van der Waals surface area contributed by atoms with Crippen molar-refractivity contribution in [2.45, 2.75) is 35.5 Å². The topological polar surface area (TPSA) is 109 Å². The Morgan fingerprint density at radius 2 is 1.47 bits per heavy atom. The van der Waals surface area contributed by atoms with E-state index in [-0.39, 0.29) is 10.6 Å². The molecule has 0 aliphatic rings. The van der Waals surface area contributed by atoms with Gasteiger partial charge in [-0.15, -0.1) is 0 Å². The number of carbonyl (C=O) groups is 1. The molecule has 7 nitrogen and oxygen atoms in total. The van der Waals surface area contributed by atoms with Gasteiger partial charge in [-0.1, -0.05) is 13.5 Å². The molecule has 0 radical (unpaired) electrons. The number of sulfone groups is 1. The molecule has 2 aromatic carbocycles. The second-order valence-electron chi connectivity index (χ2n) is 7.35. The van der Waals surface area contributed by atoms with Crippen LogP contribution in [0.15, 0.2) is 64.4 Å². The van der Waals surface area contributed by atoms with Crippen molar-refractivity contribution in [2.24, 2.45) is 0 Å². The van der Waals surface area contributed by atoms with Crippen molar-refractivity contribution in [3.8, 4) is 0 Å². The van der Waals surface area contributed by atoms with E-state index in [1.807, 2.05) is 4.72 Å². The highest BCUT2D eigenvalue weighted by Gasteiger charge is 2.33. The number of sulfonamides is 1. The minimum Gasteiger partial charge on any atom is -0.352 e. The van der Waals surface area contributed by atoms with Crippen LogP contribution < -0.4 is 10.0 Å². The van der Waals surface area contributed by atoms with Crippen molar-refractivity contribution in [1.29, 1.82) is 0 Å². The molecule has 0 saturated heterocycles. The number of carbonyl (C=O) groups excluding carboxylic acids is 1. The standard InChI is InChI=1S/C21H20F6N2O5S2/c1-3-35(31,32)15-5-7-16(8-6-15)36(33,34)29-18-12-14(21(25,26)27)4-9-17(18)19(30)28-11-10-13(2)20(22,23)24/h4-9,12,29H,2-3,10-11H2,1H3,(H,28,30). The molecule has 2 rings (SSSR count). The van der Waals surface area contributed by atoms with Crippen LogP contribution in [0.4, 0.5) is 32.0 Å². The average Bonchev–Trinajstić information content (AvgIpc) is 2.77. The molecule has 1 amide bonds. The van der Waals surface area contributed by atoms with Crippen molar-refractivity contribution in [2.75, 3.05) is 17.0 Å². The molecule has 2 aromatic rings. The van der Waals surface area contributed by atoms with Gasteiger partial charge in [0.1, 0.15) is 0 Å². The zero-order chi connectivity index (χ0) is 27.5. The summed E-state index contributed by atoms with van der Waals surface area (Å²) in [5.41, 5.74) is -3.83. The summed E-state index contributed by atoms with van der Waals surface area (Å²) < 4.78 is 128. The number of anilines is 1. The molecule has 0 unspecified atom stereocenters. The summed E-state index contributed by atoms with van der Waals surface area (Å²) in [5, 5.41) is 2.07. The maximum atomic E-state index is 13.2. The number of alkyl halides is 6. The Hall–Kier alpha value is -3.07. The lowest BCUT2D eigenvalue weighted by Crippen LogP contribution is -2.28. The maximum Gasteiger partial charge on any atom is 0.416 e. The van der Waals surface area contributed by atoms with E-state index in [4.69, 9.17) is 0 Å². The Balaban J connectivity index is 2.38. The summed E-state index contributed by atoms with van der Waals surface area (Å²) in [7, 11) is -8.26. The molecule has 0 fully saturated rings. The van der Waals surface area contributed by atoms with E-state index in [0.29, 0.717) is 18.2 Å². The van der Waals surface area contributed by atoms with Crippen LogP contribution in [0.2, 0.25) is 0 Å². The number of rotatable bonds is 9. The van der Waals surface area contributed by atoms with Gasteiger partial charge in [0.2, 0.25) is 0 Å². The molecule has 2 N–H and O–H groups in total. The van der Waals surface area contributed by atoms with Crippen LogP contribution in [0.25, 0.3) is 0 Å². The van der Waals surface area contributed by atoms with Gasteiger partial charge in [0, 0.05) is 12.1 Å². The lowest BCUT2D eigenvalue weighted by molar-refractivity contribution is -0.137. The summed E-state index contributed by atoms with van der Waals surface area (Å²) in [6.45, 7) is 3.63. The molecular formula is C21H20F6N2O5S2. The lowest BCUT2D eigenvalue weighted by Gasteiger charge is -2.16. The predicted molar refractivity (Wildman–Crippen MR) is 119 cm³/mol. The van der Waals surface area contributed by atoms with Crippen LogP contribution in [-0.2, 0) is 26.0 Å². The van der Waals surface area contributed by atoms with Crippen LogP contribution in [0, 0.1) is 0 Å². The number of halogens is 6. The summed E-state index contributed by atoms with van der Waals surface area (Å²) >= 11 is 0. The largest absolute Gasteiger partial charge is 0.416 e. The Kier molecular flexibility index (Phi) is 8.51. The molecule has 0 aliphatic heterocycles. The van der Waals surface area contributed by atoms with Gasteiger partial charge in [-0.25, -0.2) is 16.8 Å². The van der Waals surface area contributed by atoms with E-state index < -0.39 is 78.4 Å². The molecular weight excluding hydrogens is 538 g/mol. The maximum absolute atomic E-state index is 13.2. The van der Waals surface area contributed by atoms with Crippen molar-refractivity contribution in [3.63, 3.8) is 0 Å². The fraction of sp³-hybridized carbons (Fsp3) is 0.286. The van der Waals surface area contributed by atoms with Crippen LogP contribution in [0.5, 0.6) is 0 Å². The summed E-state index contributed by atoms with van der Waals surface area (Å²) in [4.78, 5) is 11.8. The molecule has 0 aliphatic carbocycles. The first-order chi connectivity index (χ1) is 16.4. The molecule has 0 bridgehead atoms. The zero-order valence-electron chi connectivity index (χ0n) is 18.5. The van der Waals surface area contributed by atoms with Crippen molar-refractivity contribution < 1.29 is 48.0 Å². The minimum absolute atomic E-state index is 0.177. The van der Waals surface area contributed by atoms with Crippen LogP contribution in [0.1, 0.15) is 29.3 Å². The number of nitrogens with one attached hydrogen (secondary N) is 2. The molecule has 15 heteroatoms. The number of amides is 1. The Morgan fingerprint density at radius 3 is 1.97 bits per heavy atom. The van der Waals surface area contributed by atoms with Crippen LogP contribution in [-0.4, -0.2) is 41.2 Å². The normalized spacial score (nSPS) is 12.8. The Labute approximate surface area is 203 Å². The highest BCUT2D eigenvalue weighted by Crippen LogP contribution is 2.33.